The Morgan fingerprint density at radius 2 is 2.00 bits per heavy atom. The summed E-state index contributed by atoms with van der Waals surface area (Å²) >= 11 is 0. The molecule has 9 heteroatoms. The minimum absolute atomic E-state index is 0.215. The van der Waals surface area contributed by atoms with Crippen LogP contribution in [0.25, 0.3) is 0 Å². The van der Waals surface area contributed by atoms with Gasteiger partial charge >= 0.3 is 6.18 Å². The Morgan fingerprint density at radius 3 is 2.43 bits per heavy atom. The largest absolute Gasteiger partial charge is 0.416 e. The van der Waals surface area contributed by atoms with E-state index in [9.17, 15) is 21.6 Å². The number of benzene rings is 1. The van der Waals surface area contributed by atoms with Crippen LogP contribution in [0.2, 0.25) is 0 Å². The van der Waals surface area contributed by atoms with E-state index >= 15 is 0 Å². The molecule has 0 fully saturated rings. The van der Waals surface area contributed by atoms with Gasteiger partial charge in [0.2, 0.25) is 10.0 Å². The first-order valence-electron chi connectivity index (χ1n) is 6.03. The third-order valence-electron chi connectivity index (χ3n) is 2.96. The number of alkyl halides is 3. The van der Waals surface area contributed by atoms with Crippen LogP contribution in [0.5, 0.6) is 0 Å². The summed E-state index contributed by atoms with van der Waals surface area (Å²) in [5.74, 6) is -0.397. The summed E-state index contributed by atoms with van der Waals surface area (Å²) in [5.41, 5.74) is 3.84. The lowest BCUT2D eigenvalue weighted by Gasteiger charge is -2.18. The average molecular weight is 323 g/mol. The average Bonchev–Trinajstić information content (AvgIpc) is 2.34. The maximum absolute atomic E-state index is 12.8. The van der Waals surface area contributed by atoms with E-state index in [2.05, 4.69) is 4.72 Å². The van der Waals surface area contributed by atoms with Crippen molar-refractivity contribution in [1.29, 1.82) is 5.41 Å². The van der Waals surface area contributed by atoms with Crippen molar-refractivity contribution in [3.8, 4) is 0 Å². The first-order valence-corrected chi connectivity index (χ1v) is 7.52. The van der Waals surface area contributed by atoms with Crippen LogP contribution < -0.4 is 10.5 Å². The predicted molar refractivity (Wildman–Crippen MR) is 72.5 cm³/mol. The molecule has 0 saturated carbocycles. The van der Waals surface area contributed by atoms with Gasteiger partial charge in [-0.3, -0.25) is 5.41 Å². The molecule has 1 rings (SSSR count). The fraction of sp³-hybridized carbons (Fsp3) is 0.417. The van der Waals surface area contributed by atoms with Crippen molar-refractivity contribution in [2.75, 3.05) is 0 Å². The van der Waals surface area contributed by atoms with Gasteiger partial charge in [0.05, 0.1) is 16.5 Å². The monoisotopic (exact) mass is 323 g/mol. The van der Waals surface area contributed by atoms with Crippen LogP contribution in [0.4, 0.5) is 13.2 Å². The molecule has 1 aromatic carbocycles. The van der Waals surface area contributed by atoms with Crippen molar-refractivity contribution < 1.29 is 21.6 Å². The number of hydrogen-bond donors (Lipinski definition) is 3. The second-order valence-electron chi connectivity index (χ2n) is 4.46. The molecule has 0 spiro atoms. The Hall–Kier alpha value is -1.61. The van der Waals surface area contributed by atoms with Gasteiger partial charge in [0.1, 0.15) is 5.84 Å². The van der Waals surface area contributed by atoms with Crippen LogP contribution in [0.3, 0.4) is 0 Å². The quantitative estimate of drug-likeness (QED) is 0.571. The zero-order chi connectivity index (χ0) is 16.4. The van der Waals surface area contributed by atoms with Gasteiger partial charge in [-0.25, -0.2) is 13.1 Å². The molecule has 118 valence electrons. The van der Waals surface area contributed by atoms with E-state index in [-0.39, 0.29) is 6.42 Å². The van der Waals surface area contributed by atoms with Crippen molar-refractivity contribution >= 4 is 15.9 Å². The van der Waals surface area contributed by atoms with E-state index < -0.39 is 44.1 Å². The molecule has 0 amide bonds. The van der Waals surface area contributed by atoms with Crippen LogP contribution >= 0.6 is 0 Å². The SMILES string of the molecule is CCC(NS(=O)(=O)c1cccc(C(F)(F)F)c1C)C(=N)N. The van der Waals surface area contributed by atoms with Gasteiger partial charge in [-0.15, -0.1) is 0 Å². The molecule has 5 nitrogen and oxygen atoms in total. The summed E-state index contributed by atoms with van der Waals surface area (Å²) < 4.78 is 64.9. The number of sulfonamides is 1. The van der Waals surface area contributed by atoms with Crippen LogP contribution in [-0.4, -0.2) is 20.3 Å². The van der Waals surface area contributed by atoms with E-state index in [1.165, 1.54) is 0 Å². The van der Waals surface area contributed by atoms with Crippen LogP contribution in [0, 0.1) is 12.3 Å². The van der Waals surface area contributed by atoms with E-state index in [0.717, 1.165) is 25.1 Å². The standard InChI is InChI=1S/C12H16F3N3O2S/c1-3-9(11(16)17)18-21(19,20)10-6-4-5-8(7(10)2)12(13,14)15/h4-6,9,18H,3H2,1-2H3,(H3,16,17). The Bertz CT molecular complexity index is 642. The molecule has 0 aliphatic carbocycles. The third-order valence-corrected chi connectivity index (χ3v) is 4.58. The Labute approximate surface area is 120 Å². The Kier molecular flexibility index (Phi) is 5.00. The first kappa shape index (κ1) is 17.4. The van der Waals surface area contributed by atoms with Crippen molar-refractivity contribution in [2.24, 2.45) is 5.73 Å². The highest BCUT2D eigenvalue weighted by atomic mass is 32.2. The normalized spacial score (nSPS) is 14.0. The number of nitrogens with one attached hydrogen (secondary N) is 2. The molecule has 21 heavy (non-hydrogen) atoms. The fourth-order valence-corrected chi connectivity index (χ4v) is 3.40. The number of hydrogen-bond acceptors (Lipinski definition) is 3. The lowest BCUT2D eigenvalue weighted by molar-refractivity contribution is -0.138. The third kappa shape index (κ3) is 3.94. The van der Waals surface area contributed by atoms with Gasteiger partial charge in [-0.1, -0.05) is 13.0 Å². The molecule has 0 radical (unpaired) electrons. The number of rotatable bonds is 5. The highest BCUT2D eigenvalue weighted by molar-refractivity contribution is 7.89. The van der Waals surface area contributed by atoms with Crippen LogP contribution in [0.1, 0.15) is 24.5 Å². The van der Waals surface area contributed by atoms with Gasteiger partial charge in [0.15, 0.2) is 0 Å². The molecule has 0 aliphatic heterocycles. The summed E-state index contributed by atoms with van der Waals surface area (Å²) in [7, 11) is -4.20. The number of amidine groups is 1. The molecular weight excluding hydrogens is 307 g/mol. The molecule has 1 aromatic rings. The Morgan fingerprint density at radius 1 is 1.43 bits per heavy atom. The molecule has 0 bridgehead atoms. The zero-order valence-corrected chi connectivity index (χ0v) is 12.3. The molecule has 1 unspecified atom stereocenters. The number of nitrogens with two attached hydrogens (primary N) is 1. The first-order chi connectivity index (χ1) is 9.50. The molecule has 0 saturated heterocycles. The molecule has 0 aromatic heterocycles. The van der Waals surface area contributed by atoms with E-state index in [1.54, 1.807) is 6.92 Å². The summed E-state index contributed by atoms with van der Waals surface area (Å²) in [4.78, 5) is -0.475. The minimum Gasteiger partial charge on any atom is -0.386 e. The van der Waals surface area contributed by atoms with Gasteiger partial charge < -0.3 is 5.73 Å². The molecular formula is C12H16F3N3O2S. The van der Waals surface area contributed by atoms with E-state index in [0.29, 0.717) is 0 Å². The topological polar surface area (TPSA) is 96.0 Å². The number of halogens is 3. The van der Waals surface area contributed by atoms with Gasteiger partial charge in [-0.2, -0.15) is 13.2 Å². The summed E-state index contributed by atoms with van der Waals surface area (Å²) in [6, 6.07) is 1.97. The van der Waals surface area contributed by atoms with Crippen LogP contribution in [-0.2, 0) is 16.2 Å². The smallest absolute Gasteiger partial charge is 0.386 e. The lowest BCUT2D eigenvalue weighted by Crippen LogP contribution is -2.43. The highest BCUT2D eigenvalue weighted by Gasteiger charge is 2.35. The van der Waals surface area contributed by atoms with Crippen LogP contribution in [0.15, 0.2) is 23.1 Å². The van der Waals surface area contributed by atoms with Gasteiger partial charge in [0, 0.05) is 0 Å². The lowest BCUT2D eigenvalue weighted by atomic mass is 10.1. The van der Waals surface area contributed by atoms with Crippen molar-refractivity contribution in [2.45, 2.75) is 37.4 Å². The molecule has 0 aliphatic rings. The predicted octanol–water partition coefficient (Wildman–Crippen LogP) is 2.01. The van der Waals surface area contributed by atoms with Gasteiger partial charge in [-0.05, 0) is 31.0 Å². The Balaban J connectivity index is 3.30. The van der Waals surface area contributed by atoms with E-state index in [4.69, 9.17) is 11.1 Å². The minimum atomic E-state index is -4.64. The molecule has 4 N–H and O–H groups in total. The van der Waals surface area contributed by atoms with E-state index in [1.807, 2.05) is 0 Å². The maximum Gasteiger partial charge on any atom is 0.416 e. The summed E-state index contributed by atoms with van der Waals surface area (Å²) in [6.45, 7) is 2.69. The van der Waals surface area contributed by atoms with Gasteiger partial charge in [0.25, 0.3) is 0 Å². The summed E-state index contributed by atoms with van der Waals surface area (Å²) in [5, 5.41) is 7.26. The second kappa shape index (κ2) is 6.02. The zero-order valence-electron chi connectivity index (χ0n) is 11.5. The maximum atomic E-state index is 12.8. The molecule has 0 heterocycles. The fourth-order valence-electron chi connectivity index (χ4n) is 1.83. The molecule has 1 atom stereocenters. The highest BCUT2D eigenvalue weighted by Crippen LogP contribution is 2.34. The second-order valence-corrected chi connectivity index (χ2v) is 6.15. The van der Waals surface area contributed by atoms with Crippen molar-refractivity contribution in [1.82, 2.24) is 4.72 Å². The van der Waals surface area contributed by atoms with Crippen molar-refractivity contribution in [3.63, 3.8) is 0 Å². The summed E-state index contributed by atoms with van der Waals surface area (Å²) in [6.07, 6.45) is -4.42. The van der Waals surface area contributed by atoms with Crippen molar-refractivity contribution in [3.05, 3.63) is 29.3 Å².